The van der Waals surface area contributed by atoms with E-state index in [0.29, 0.717) is 13.1 Å². The van der Waals surface area contributed by atoms with Crippen LogP contribution < -0.4 is 10.1 Å². The smallest absolute Gasteiger partial charge is 0.410 e. The monoisotopic (exact) mass is 326 g/mol. The fourth-order valence-corrected chi connectivity index (χ4v) is 1.95. The number of nitrogens with zero attached hydrogens (tertiary/aromatic N) is 1. The lowest BCUT2D eigenvalue weighted by Crippen LogP contribution is -2.38. The highest BCUT2D eigenvalue weighted by Gasteiger charge is 2.19. The molecule has 1 atom stereocenters. The van der Waals surface area contributed by atoms with Gasteiger partial charge in [0.05, 0.1) is 7.11 Å². The first-order valence-electron chi connectivity index (χ1n) is 7.65. The lowest BCUT2D eigenvalue weighted by atomic mass is 10.1. The summed E-state index contributed by atoms with van der Waals surface area (Å²) in [6.07, 6.45) is -0.359. The predicted octanol–water partition coefficient (Wildman–Crippen LogP) is 3.35. The van der Waals surface area contributed by atoms with Crippen LogP contribution in [-0.2, 0) is 4.74 Å². The third kappa shape index (κ3) is 6.44. The Bertz CT molecular complexity index is 529. The molecule has 0 heterocycles. The van der Waals surface area contributed by atoms with Crippen LogP contribution in [0.25, 0.3) is 0 Å². The van der Waals surface area contributed by atoms with E-state index >= 15 is 0 Å². The molecule has 0 saturated carbocycles. The number of likely N-dealkylation sites (N-methyl/N-ethyl adjacent to an activating group) is 1. The molecule has 1 N–H and O–H groups in total. The molecule has 0 saturated heterocycles. The van der Waals surface area contributed by atoms with E-state index in [0.717, 1.165) is 5.56 Å². The second kappa shape index (κ2) is 8.15. The average Bonchev–Trinajstić information content (AvgIpc) is 2.45. The molecule has 1 aromatic carbocycles. The van der Waals surface area contributed by atoms with Crippen molar-refractivity contribution in [2.45, 2.75) is 39.3 Å². The summed E-state index contributed by atoms with van der Waals surface area (Å²) < 4.78 is 23.9. The fourth-order valence-electron chi connectivity index (χ4n) is 1.95. The van der Waals surface area contributed by atoms with Crippen molar-refractivity contribution in [3.05, 3.63) is 29.6 Å². The summed E-state index contributed by atoms with van der Waals surface area (Å²) in [5.74, 6) is -0.157. The van der Waals surface area contributed by atoms with Gasteiger partial charge in [0.2, 0.25) is 0 Å². The van der Waals surface area contributed by atoms with Crippen LogP contribution in [0, 0.1) is 5.82 Å². The van der Waals surface area contributed by atoms with Gasteiger partial charge in [0, 0.05) is 26.2 Å². The highest BCUT2D eigenvalue weighted by atomic mass is 19.1. The van der Waals surface area contributed by atoms with Crippen molar-refractivity contribution in [2.24, 2.45) is 0 Å². The van der Waals surface area contributed by atoms with E-state index < -0.39 is 5.60 Å². The third-order valence-electron chi connectivity index (χ3n) is 3.28. The van der Waals surface area contributed by atoms with Crippen molar-refractivity contribution in [3.8, 4) is 5.75 Å². The SMILES string of the molecule is COc1ccc(C(C)NCCN(C)C(=O)OC(C)(C)C)cc1F. The number of amides is 1. The molecule has 0 bridgehead atoms. The summed E-state index contributed by atoms with van der Waals surface area (Å²) in [4.78, 5) is 13.3. The maximum absolute atomic E-state index is 13.7. The van der Waals surface area contributed by atoms with Gasteiger partial charge in [-0.1, -0.05) is 6.07 Å². The summed E-state index contributed by atoms with van der Waals surface area (Å²) >= 11 is 0. The topological polar surface area (TPSA) is 50.8 Å². The zero-order chi connectivity index (χ0) is 17.6. The molecular weight excluding hydrogens is 299 g/mol. The molecule has 5 nitrogen and oxygen atoms in total. The van der Waals surface area contributed by atoms with Gasteiger partial charge in [-0.25, -0.2) is 9.18 Å². The van der Waals surface area contributed by atoms with Crippen molar-refractivity contribution in [3.63, 3.8) is 0 Å². The maximum atomic E-state index is 13.7. The van der Waals surface area contributed by atoms with Gasteiger partial charge in [-0.2, -0.15) is 0 Å². The summed E-state index contributed by atoms with van der Waals surface area (Å²) in [5.41, 5.74) is 0.315. The highest BCUT2D eigenvalue weighted by Crippen LogP contribution is 2.21. The third-order valence-corrected chi connectivity index (χ3v) is 3.28. The zero-order valence-corrected chi connectivity index (χ0v) is 14.8. The summed E-state index contributed by atoms with van der Waals surface area (Å²) in [7, 11) is 3.12. The molecule has 0 aromatic heterocycles. The molecule has 1 amide bonds. The quantitative estimate of drug-likeness (QED) is 0.871. The molecule has 0 fully saturated rings. The minimum Gasteiger partial charge on any atom is -0.494 e. The summed E-state index contributed by atoms with van der Waals surface area (Å²) in [6, 6.07) is 4.84. The van der Waals surface area contributed by atoms with E-state index in [-0.39, 0.29) is 23.7 Å². The minimum atomic E-state index is -0.507. The number of hydrogen-bond donors (Lipinski definition) is 1. The van der Waals surface area contributed by atoms with Gasteiger partial charge >= 0.3 is 6.09 Å². The van der Waals surface area contributed by atoms with Crippen LogP contribution in [-0.4, -0.2) is 43.8 Å². The average molecular weight is 326 g/mol. The molecule has 0 radical (unpaired) electrons. The highest BCUT2D eigenvalue weighted by molar-refractivity contribution is 5.67. The Balaban J connectivity index is 2.46. The van der Waals surface area contributed by atoms with E-state index in [1.54, 1.807) is 13.1 Å². The molecule has 0 aliphatic rings. The van der Waals surface area contributed by atoms with Crippen molar-refractivity contribution in [1.29, 1.82) is 0 Å². The van der Waals surface area contributed by atoms with Gasteiger partial charge in [0.25, 0.3) is 0 Å². The standard InChI is InChI=1S/C17H27FN2O3/c1-12(13-7-8-15(22-6)14(18)11-13)19-9-10-20(5)16(21)23-17(2,3)4/h7-8,11-12,19H,9-10H2,1-6H3. The van der Waals surface area contributed by atoms with Crippen LogP contribution in [0.4, 0.5) is 9.18 Å². The van der Waals surface area contributed by atoms with E-state index in [2.05, 4.69) is 5.32 Å². The molecule has 0 aliphatic heterocycles. The van der Waals surface area contributed by atoms with Gasteiger partial charge in [0.1, 0.15) is 5.60 Å². The lowest BCUT2D eigenvalue weighted by molar-refractivity contribution is 0.0299. The van der Waals surface area contributed by atoms with Crippen molar-refractivity contribution in [1.82, 2.24) is 10.2 Å². The molecule has 1 rings (SSSR count). The Labute approximate surface area is 137 Å². The van der Waals surface area contributed by atoms with E-state index in [1.807, 2.05) is 33.8 Å². The number of methoxy groups -OCH3 is 1. The van der Waals surface area contributed by atoms with E-state index in [4.69, 9.17) is 9.47 Å². The minimum absolute atomic E-state index is 0.0394. The zero-order valence-electron chi connectivity index (χ0n) is 14.8. The first-order chi connectivity index (χ1) is 10.6. The fraction of sp³-hybridized carbons (Fsp3) is 0.588. The van der Waals surface area contributed by atoms with Crippen LogP contribution in [0.1, 0.15) is 39.3 Å². The molecule has 0 aliphatic carbocycles. The number of halogens is 1. The molecule has 6 heteroatoms. The van der Waals surface area contributed by atoms with Gasteiger partial charge in [-0.3, -0.25) is 0 Å². The van der Waals surface area contributed by atoms with Gasteiger partial charge in [0.15, 0.2) is 11.6 Å². The number of ether oxygens (including phenoxy) is 2. The Morgan fingerprint density at radius 3 is 2.57 bits per heavy atom. The molecular formula is C17H27FN2O3. The number of carbonyl (C=O) groups excluding carboxylic acids is 1. The second-order valence-corrected chi connectivity index (χ2v) is 6.47. The summed E-state index contributed by atoms with van der Waals surface area (Å²) in [6.45, 7) is 8.50. The van der Waals surface area contributed by atoms with Gasteiger partial charge in [-0.05, 0) is 45.4 Å². The van der Waals surface area contributed by atoms with Crippen LogP contribution >= 0.6 is 0 Å². The maximum Gasteiger partial charge on any atom is 0.410 e. The number of rotatable bonds is 6. The van der Waals surface area contributed by atoms with E-state index in [1.165, 1.54) is 18.1 Å². The largest absolute Gasteiger partial charge is 0.494 e. The Hall–Kier alpha value is -1.82. The van der Waals surface area contributed by atoms with Crippen molar-refractivity contribution in [2.75, 3.05) is 27.2 Å². The molecule has 1 aromatic rings. The number of benzene rings is 1. The van der Waals surface area contributed by atoms with Crippen molar-refractivity contribution < 1.29 is 18.7 Å². The first kappa shape index (κ1) is 19.2. The normalized spacial score (nSPS) is 12.7. The molecule has 1 unspecified atom stereocenters. The Kier molecular flexibility index (Phi) is 6.81. The second-order valence-electron chi connectivity index (χ2n) is 6.47. The van der Waals surface area contributed by atoms with Gasteiger partial charge in [-0.15, -0.1) is 0 Å². The van der Waals surface area contributed by atoms with E-state index in [9.17, 15) is 9.18 Å². The lowest BCUT2D eigenvalue weighted by Gasteiger charge is -2.25. The van der Waals surface area contributed by atoms with Crippen LogP contribution in [0.3, 0.4) is 0 Å². The number of carbonyl (C=O) groups is 1. The predicted molar refractivity (Wildman–Crippen MR) is 88.2 cm³/mol. The molecule has 23 heavy (non-hydrogen) atoms. The Morgan fingerprint density at radius 2 is 2.04 bits per heavy atom. The van der Waals surface area contributed by atoms with Crippen LogP contribution in [0.5, 0.6) is 5.75 Å². The van der Waals surface area contributed by atoms with Crippen LogP contribution in [0.15, 0.2) is 18.2 Å². The van der Waals surface area contributed by atoms with Crippen LogP contribution in [0.2, 0.25) is 0 Å². The van der Waals surface area contributed by atoms with Crippen molar-refractivity contribution >= 4 is 6.09 Å². The number of hydrogen-bond acceptors (Lipinski definition) is 4. The molecule has 130 valence electrons. The van der Waals surface area contributed by atoms with Gasteiger partial charge < -0.3 is 19.7 Å². The number of nitrogens with one attached hydrogen (secondary N) is 1. The Morgan fingerprint density at radius 1 is 1.39 bits per heavy atom. The summed E-state index contributed by atoms with van der Waals surface area (Å²) in [5, 5.41) is 3.26. The first-order valence-corrected chi connectivity index (χ1v) is 7.65. The molecule has 0 spiro atoms.